The van der Waals surface area contributed by atoms with E-state index >= 15 is 0 Å². The Bertz CT molecular complexity index is 565. The number of carbonyl (C=O) groups excluding carboxylic acids is 2. The van der Waals surface area contributed by atoms with E-state index in [2.05, 4.69) is 0 Å². The molecule has 1 fully saturated rings. The minimum atomic E-state index is -0.268. The highest BCUT2D eigenvalue weighted by atomic mass is 16.7. The van der Waals surface area contributed by atoms with Crippen molar-refractivity contribution >= 4 is 11.8 Å². The number of benzene rings is 1. The Hall–Kier alpha value is -2.24. The number of likely N-dealkylation sites (tertiary alicyclic amines) is 1. The standard InChI is InChI=1S/C15H18N2O4/c16-14(18)7-10-3-5-17(6-4-10)15(19)11-1-2-12-13(8-11)21-9-20-12/h1-2,8,10H,3-7,9H2,(H2,16,18). The van der Waals surface area contributed by atoms with Crippen LogP contribution in [0.1, 0.15) is 29.6 Å². The minimum Gasteiger partial charge on any atom is -0.454 e. The van der Waals surface area contributed by atoms with Crippen molar-refractivity contribution in [1.82, 2.24) is 4.90 Å². The second-order valence-electron chi connectivity index (χ2n) is 5.47. The van der Waals surface area contributed by atoms with E-state index in [1.165, 1.54) is 0 Å². The van der Waals surface area contributed by atoms with Crippen LogP contribution in [0.15, 0.2) is 18.2 Å². The summed E-state index contributed by atoms with van der Waals surface area (Å²) in [5, 5.41) is 0. The molecule has 2 aliphatic heterocycles. The number of fused-ring (bicyclic) bond motifs is 1. The topological polar surface area (TPSA) is 81.9 Å². The van der Waals surface area contributed by atoms with E-state index in [9.17, 15) is 9.59 Å². The number of amides is 2. The van der Waals surface area contributed by atoms with Crippen LogP contribution in [-0.4, -0.2) is 36.6 Å². The Labute approximate surface area is 122 Å². The fourth-order valence-corrected chi connectivity index (χ4v) is 2.84. The fraction of sp³-hybridized carbons (Fsp3) is 0.467. The molecule has 2 amide bonds. The van der Waals surface area contributed by atoms with Crippen LogP contribution < -0.4 is 15.2 Å². The highest BCUT2D eigenvalue weighted by molar-refractivity contribution is 5.95. The number of piperidine rings is 1. The molecule has 0 bridgehead atoms. The van der Waals surface area contributed by atoms with Crippen molar-refractivity contribution < 1.29 is 19.1 Å². The van der Waals surface area contributed by atoms with Gasteiger partial charge in [0.15, 0.2) is 11.5 Å². The van der Waals surface area contributed by atoms with Gasteiger partial charge in [-0.3, -0.25) is 9.59 Å². The number of nitrogens with two attached hydrogens (primary N) is 1. The zero-order chi connectivity index (χ0) is 14.8. The first-order valence-corrected chi connectivity index (χ1v) is 7.10. The van der Waals surface area contributed by atoms with E-state index in [0.29, 0.717) is 42.5 Å². The van der Waals surface area contributed by atoms with E-state index < -0.39 is 0 Å². The molecule has 6 heteroatoms. The average molecular weight is 290 g/mol. The van der Waals surface area contributed by atoms with Gasteiger partial charge in [-0.1, -0.05) is 0 Å². The molecule has 1 aromatic rings. The van der Waals surface area contributed by atoms with E-state index in [1.54, 1.807) is 18.2 Å². The number of hydrogen-bond acceptors (Lipinski definition) is 4. The Balaban J connectivity index is 1.63. The number of nitrogens with zero attached hydrogens (tertiary/aromatic N) is 1. The molecule has 112 valence electrons. The normalized spacial score (nSPS) is 17.8. The van der Waals surface area contributed by atoms with Gasteiger partial charge >= 0.3 is 0 Å². The summed E-state index contributed by atoms with van der Waals surface area (Å²) in [6.45, 7) is 1.52. The summed E-state index contributed by atoms with van der Waals surface area (Å²) < 4.78 is 10.5. The molecule has 21 heavy (non-hydrogen) atoms. The zero-order valence-electron chi connectivity index (χ0n) is 11.7. The third-order valence-corrected chi connectivity index (χ3v) is 4.01. The molecule has 0 radical (unpaired) electrons. The third kappa shape index (κ3) is 2.94. The maximum atomic E-state index is 12.5. The summed E-state index contributed by atoms with van der Waals surface area (Å²) in [4.78, 5) is 25.2. The van der Waals surface area contributed by atoms with Crippen LogP contribution in [-0.2, 0) is 4.79 Å². The molecule has 2 N–H and O–H groups in total. The predicted molar refractivity (Wildman–Crippen MR) is 75.0 cm³/mol. The molecular weight excluding hydrogens is 272 g/mol. The van der Waals surface area contributed by atoms with E-state index in [1.807, 2.05) is 4.90 Å². The molecule has 0 spiro atoms. The summed E-state index contributed by atoms with van der Waals surface area (Å²) in [5.41, 5.74) is 5.82. The van der Waals surface area contributed by atoms with Gasteiger partial charge in [-0.05, 0) is 37.0 Å². The van der Waals surface area contributed by atoms with Gasteiger partial charge in [0.2, 0.25) is 12.7 Å². The molecular formula is C15H18N2O4. The van der Waals surface area contributed by atoms with Crippen LogP contribution in [0.5, 0.6) is 11.5 Å². The van der Waals surface area contributed by atoms with E-state index in [0.717, 1.165) is 12.8 Å². The highest BCUT2D eigenvalue weighted by Crippen LogP contribution is 2.33. The van der Waals surface area contributed by atoms with Crippen molar-refractivity contribution in [3.05, 3.63) is 23.8 Å². The second-order valence-corrected chi connectivity index (χ2v) is 5.47. The molecule has 0 aromatic heterocycles. The van der Waals surface area contributed by atoms with Crippen molar-refractivity contribution in [2.24, 2.45) is 11.7 Å². The Morgan fingerprint density at radius 2 is 1.90 bits per heavy atom. The van der Waals surface area contributed by atoms with Gasteiger partial charge in [-0.15, -0.1) is 0 Å². The maximum absolute atomic E-state index is 12.5. The SMILES string of the molecule is NC(=O)CC1CCN(C(=O)c2ccc3c(c2)OCO3)CC1. The smallest absolute Gasteiger partial charge is 0.253 e. The van der Waals surface area contributed by atoms with Crippen LogP contribution in [0.2, 0.25) is 0 Å². The van der Waals surface area contributed by atoms with Crippen molar-refractivity contribution in [2.45, 2.75) is 19.3 Å². The van der Waals surface area contributed by atoms with E-state index in [-0.39, 0.29) is 18.6 Å². The molecule has 0 aliphatic carbocycles. The van der Waals surface area contributed by atoms with Crippen LogP contribution in [0, 0.1) is 5.92 Å². The van der Waals surface area contributed by atoms with Crippen molar-refractivity contribution in [3.8, 4) is 11.5 Å². The molecule has 0 atom stereocenters. The first-order chi connectivity index (χ1) is 10.1. The van der Waals surface area contributed by atoms with Gasteiger partial charge in [-0.25, -0.2) is 0 Å². The summed E-state index contributed by atoms with van der Waals surface area (Å²) in [5.74, 6) is 1.31. The monoisotopic (exact) mass is 290 g/mol. The average Bonchev–Trinajstić information content (AvgIpc) is 2.94. The van der Waals surface area contributed by atoms with E-state index in [4.69, 9.17) is 15.2 Å². The summed E-state index contributed by atoms with van der Waals surface area (Å²) in [6, 6.07) is 5.24. The fourth-order valence-electron chi connectivity index (χ4n) is 2.84. The molecule has 1 saturated heterocycles. The predicted octanol–water partition coefficient (Wildman–Crippen LogP) is 1.14. The molecule has 0 saturated carbocycles. The lowest BCUT2D eigenvalue weighted by atomic mass is 9.93. The first kappa shape index (κ1) is 13.7. The van der Waals surface area contributed by atoms with Gasteiger partial charge in [0.25, 0.3) is 5.91 Å². The molecule has 2 aliphatic rings. The Morgan fingerprint density at radius 1 is 1.19 bits per heavy atom. The van der Waals surface area contributed by atoms with Gasteiger partial charge in [0.1, 0.15) is 0 Å². The lowest BCUT2D eigenvalue weighted by Gasteiger charge is -2.31. The number of rotatable bonds is 3. The van der Waals surface area contributed by atoms with Crippen LogP contribution in [0.25, 0.3) is 0 Å². The maximum Gasteiger partial charge on any atom is 0.253 e. The lowest BCUT2D eigenvalue weighted by Crippen LogP contribution is -2.39. The molecule has 1 aromatic carbocycles. The van der Waals surface area contributed by atoms with Crippen LogP contribution in [0.4, 0.5) is 0 Å². The number of primary amides is 1. The van der Waals surface area contributed by atoms with Gasteiger partial charge in [0.05, 0.1) is 0 Å². The molecule has 0 unspecified atom stereocenters. The Kier molecular flexibility index (Phi) is 3.68. The summed E-state index contributed by atoms with van der Waals surface area (Å²) in [7, 11) is 0. The molecule has 3 rings (SSSR count). The van der Waals surface area contributed by atoms with Gasteiger partial charge in [-0.2, -0.15) is 0 Å². The minimum absolute atomic E-state index is 0.00850. The molecule has 2 heterocycles. The largest absolute Gasteiger partial charge is 0.454 e. The lowest BCUT2D eigenvalue weighted by molar-refractivity contribution is -0.119. The van der Waals surface area contributed by atoms with Gasteiger partial charge in [0, 0.05) is 25.1 Å². The zero-order valence-corrected chi connectivity index (χ0v) is 11.7. The Morgan fingerprint density at radius 3 is 2.62 bits per heavy atom. The third-order valence-electron chi connectivity index (χ3n) is 4.01. The van der Waals surface area contributed by atoms with Crippen molar-refractivity contribution in [3.63, 3.8) is 0 Å². The molecule has 6 nitrogen and oxygen atoms in total. The second kappa shape index (κ2) is 5.63. The number of carbonyl (C=O) groups is 2. The van der Waals surface area contributed by atoms with Crippen molar-refractivity contribution in [2.75, 3.05) is 19.9 Å². The number of hydrogen-bond donors (Lipinski definition) is 1. The van der Waals surface area contributed by atoms with Crippen LogP contribution >= 0.6 is 0 Å². The highest BCUT2D eigenvalue weighted by Gasteiger charge is 2.25. The quantitative estimate of drug-likeness (QED) is 0.905. The van der Waals surface area contributed by atoms with Gasteiger partial charge < -0.3 is 20.1 Å². The number of ether oxygens (including phenoxy) is 2. The van der Waals surface area contributed by atoms with Crippen molar-refractivity contribution in [1.29, 1.82) is 0 Å². The first-order valence-electron chi connectivity index (χ1n) is 7.10. The summed E-state index contributed by atoms with van der Waals surface area (Å²) in [6.07, 6.45) is 2.05. The van der Waals surface area contributed by atoms with Crippen LogP contribution in [0.3, 0.4) is 0 Å². The summed E-state index contributed by atoms with van der Waals surface area (Å²) >= 11 is 0.